The molecule has 18 heavy (non-hydrogen) atoms. The molecule has 4 heteroatoms. The van der Waals surface area contributed by atoms with E-state index < -0.39 is 0 Å². The normalized spacial score (nSPS) is 29.5. The Kier molecular flexibility index (Phi) is 3.31. The second kappa shape index (κ2) is 4.80. The first-order valence-corrected chi connectivity index (χ1v) is 7.01. The van der Waals surface area contributed by atoms with E-state index in [-0.39, 0.29) is 17.9 Å². The van der Waals surface area contributed by atoms with Gasteiger partial charge in [-0.3, -0.25) is 4.90 Å². The third-order valence-corrected chi connectivity index (χ3v) is 4.34. The molecule has 2 aliphatic rings. The van der Waals surface area contributed by atoms with Crippen LogP contribution >= 0.6 is 11.6 Å². The fraction of sp³-hybridized carbons (Fsp3) is 0.571. The van der Waals surface area contributed by atoms with Gasteiger partial charge in [-0.05, 0) is 49.9 Å². The van der Waals surface area contributed by atoms with Gasteiger partial charge in [0.25, 0.3) is 0 Å². The predicted octanol–water partition coefficient (Wildman–Crippen LogP) is 3.11. The molecule has 1 heterocycles. The van der Waals surface area contributed by atoms with Crippen LogP contribution in [0.4, 0.5) is 4.39 Å². The quantitative estimate of drug-likeness (QED) is 0.893. The van der Waals surface area contributed by atoms with Crippen molar-refractivity contribution in [1.82, 2.24) is 4.90 Å². The smallest absolute Gasteiger partial charge is 0.124 e. The Morgan fingerprint density at radius 3 is 2.72 bits per heavy atom. The molecule has 1 aliphatic heterocycles. The molecular weight excluding hydrogens is 251 g/mol. The molecule has 2 fully saturated rings. The number of hydrogen-bond donors (Lipinski definition) is 1. The zero-order chi connectivity index (χ0) is 12.7. The Hall–Kier alpha value is -0.640. The first-order chi connectivity index (χ1) is 8.66. The molecule has 2 atom stereocenters. The van der Waals surface area contributed by atoms with Gasteiger partial charge in [-0.15, -0.1) is 0 Å². The van der Waals surface area contributed by atoms with E-state index in [1.165, 1.54) is 25.0 Å². The molecule has 1 saturated carbocycles. The summed E-state index contributed by atoms with van der Waals surface area (Å²) in [7, 11) is 0. The number of likely N-dealkylation sites (tertiary alicyclic amines) is 1. The summed E-state index contributed by atoms with van der Waals surface area (Å²) in [5, 5.41) is 0.503. The maximum absolute atomic E-state index is 13.2. The van der Waals surface area contributed by atoms with E-state index in [0.717, 1.165) is 24.9 Å². The SMILES string of the molecule is NC1CCCN(C2CC2)C1c1ccc(F)cc1Cl. The second-order valence-corrected chi connectivity index (χ2v) is 5.79. The summed E-state index contributed by atoms with van der Waals surface area (Å²) in [5.41, 5.74) is 7.26. The van der Waals surface area contributed by atoms with Gasteiger partial charge in [0.1, 0.15) is 5.82 Å². The van der Waals surface area contributed by atoms with Crippen molar-refractivity contribution in [1.29, 1.82) is 0 Å². The summed E-state index contributed by atoms with van der Waals surface area (Å²) in [4.78, 5) is 2.47. The lowest BCUT2D eigenvalue weighted by molar-refractivity contribution is 0.120. The van der Waals surface area contributed by atoms with Gasteiger partial charge in [0, 0.05) is 17.1 Å². The average molecular weight is 269 g/mol. The Morgan fingerprint density at radius 2 is 2.06 bits per heavy atom. The van der Waals surface area contributed by atoms with Gasteiger partial charge in [-0.25, -0.2) is 4.39 Å². The highest BCUT2D eigenvalue weighted by Gasteiger charge is 2.39. The Morgan fingerprint density at radius 1 is 1.28 bits per heavy atom. The zero-order valence-electron chi connectivity index (χ0n) is 10.3. The van der Waals surface area contributed by atoms with Crippen molar-refractivity contribution >= 4 is 11.6 Å². The fourth-order valence-corrected chi connectivity index (χ4v) is 3.30. The monoisotopic (exact) mass is 268 g/mol. The number of benzene rings is 1. The fourth-order valence-electron chi connectivity index (χ4n) is 3.02. The van der Waals surface area contributed by atoms with E-state index in [9.17, 15) is 4.39 Å². The van der Waals surface area contributed by atoms with Crippen LogP contribution in [0.5, 0.6) is 0 Å². The van der Waals surface area contributed by atoms with E-state index in [4.69, 9.17) is 17.3 Å². The highest BCUT2D eigenvalue weighted by Crippen LogP contribution is 2.41. The van der Waals surface area contributed by atoms with Crippen molar-refractivity contribution < 1.29 is 4.39 Å². The van der Waals surface area contributed by atoms with E-state index in [1.54, 1.807) is 6.07 Å². The lowest BCUT2D eigenvalue weighted by atomic mass is 9.90. The van der Waals surface area contributed by atoms with Crippen molar-refractivity contribution in [2.24, 2.45) is 5.73 Å². The molecule has 1 aromatic rings. The van der Waals surface area contributed by atoms with Gasteiger partial charge < -0.3 is 5.73 Å². The molecule has 2 nitrogen and oxygen atoms in total. The maximum Gasteiger partial charge on any atom is 0.124 e. The average Bonchev–Trinajstić information content (AvgIpc) is 3.14. The minimum Gasteiger partial charge on any atom is -0.326 e. The minimum absolute atomic E-state index is 0.0994. The number of rotatable bonds is 2. The summed E-state index contributed by atoms with van der Waals surface area (Å²) in [6.45, 7) is 1.08. The van der Waals surface area contributed by atoms with E-state index >= 15 is 0 Å². The van der Waals surface area contributed by atoms with Crippen LogP contribution < -0.4 is 5.73 Å². The number of nitrogens with zero attached hydrogens (tertiary/aromatic N) is 1. The van der Waals surface area contributed by atoms with Gasteiger partial charge >= 0.3 is 0 Å². The summed E-state index contributed by atoms with van der Waals surface area (Å²) < 4.78 is 13.2. The third kappa shape index (κ3) is 2.27. The Labute approximate surface area is 112 Å². The van der Waals surface area contributed by atoms with E-state index in [0.29, 0.717) is 11.1 Å². The van der Waals surface area contributed by atoms with Crippen LogP contribution in [-0.4, -0.2) is 23.5 Å². The zero-order valence-corrected chi connectivity index (χ0v) is 11.0. The minimum atomic E-state index is -0.286. The van der Waals surface area contributed by atoms with Crippen molar-refractivity contribution in [3.63, 3.8) is 0 Å². The molecule has 0 radical (unpaired) electrons. The number of piperidine rings is 1. The lowest BCUT2D eigenvalue weighted by Crippen LogP contribution is -2.46. The van der Waals surface area contributed by atoms with Crippen LogP contribution in [-0.2, 0) is 0 Å². The summed E-state index contributed by atoms with van der Waals surface area (Å²) in [6, 6.07) is 5.57. The predicted molar refractivity (Wildman–Crippen MR) is 71.1 cm³/mol. The topological polar surface area (TPSA) is 29.3 Å². The lowest BCUT2D eigenvalue weighted by Gasteiger charge is -2.40. The van der Waals surface area contributed by atoms with Crippen molar-refractivity contribution in [2.45, 2.75) is 43.8 Å². The van der Waals surface area contributed by atoms with E-state index in [2.05, 4.69) is 4.90 Å². The highest BCUT2D eigenvalue weighted by atomic mass is 35.5. The second-order valence-electron chi connectivity index (χ2n) is 5.39. The molecule has 0 amide bonds. The molecule has 2 unspecified atom stereocenters. The largest absolute Gasteiger partial charge is 0.326 e. The van der Waals surface area contributed by atoms with Crippen LogP contribution in [0.1, 0.15) is 37.3 Å². The molecule has 98 valence electrons. The van der Waals surface area contributed by atoms with Gasteiger partial charge in [0.15, 0.2) is 0 Å². The Bertz CT molecular complexity index is 447. The van der Waals surface area contributed by atoms with Crippen molar-refractivity contribution in [2.75, 3.05) is 6.54 Å². The highest BCUT2D eigenvalue weighted by molar-refractivity contribution is 6.31. The standard InChI is InChI=1S/C14H18ClFN2/c15-12-8-9(16)3-6-11(12)14-13(17)2-1-7-18(14)10-4-5-10/h3,6,8,10,13-14H,1-2,4-5,7,17H2. The van der Waals surface area contributed by atoms with E-state index in [1.807, 2.05) is 0 Å². The number of nitrogens with two attached hydrogens (primary N) is 1. The van der Waals surface area contributed by atoms with Crippen LogP contribution in [0.25, 0.3) is 0 Å². The van der Waals surface area contributed by atoms with Gasteiger partial charge in [-0.1, -0.05) is 17.7 Å². The first-order valence-electron chi connectivity index (χ1n) is 6.63. The molecule has 2 N–H and O–H groups in total. The first kappa shape index (κ1) is 12.4. The van der Waals surface area contributed by atoms with Crippen LogP contribution in [0.15, 0.2) is 18.2 Å². The van der Waals surface area contributed by atoms with Crippen molar-refractivity contribution in [3.8, 4) is 0 Å². The Balaban J connectivity index is 1.94. The number of halogens is 2. The summed E-state index contributed by atoms with van der Waals surface area (Å²) in [5.74, 6) is -0.286. The molecule has 0 spiro atoms. The summed E-state index contributed by atoms with van der Waals surface area (Å²) in [6.07, 6.45) is 4.67. The molecule has 1 saturated heterocycles. The van der Waals surface area contributed by atoms with Gasteiger partial charge in [0.05, 0.1) is 6.04 Å². The molecule has 0 bridgehead atoms. The molecule has 1 aliphatic carbocycles. The third-order valence-electron chi connectivity index (χ3n) is 4.01. The molecular formula is C14H18ClFN2. The van der Waals surface area contributed by atoms with Crippen LogP contribution in [0.2, 0.25) is 5.02 Å². The van der Waals surface area contributed by atoms with Crippen molar-refractivity contribution in [3.05, 3.63) is 34.6 Å². The molecule has 0 aromatic heterocycles. The van der Waals surface area contributed by atoms with Crippen LogP contribution in [0.3, 0.4) is 0 Å². The van der Waals surface area contributed by atoms with Crippen LogP contribution in [0, 0.1) is 5.82 Å². The van der Waals surface area contributed by atoms with Gasteiger partial charge in [0.2, 0.25) is 0 Å². The molecule has 1 aromatic carbocycles. The molecule has 3 rings (SSSR count). The van der Waals surface area contributed by atoms with Gasteiger partial charge in [-0.2, -0.15) is 0 Å². The number of hydrogen-bond acceptors (Lipinski definition) is 2. The maximum atomic E-state index is 13.2. The summed E-state index contributed by atoms with van der Waals surface area (Å²) >= 11 is 6.20.